The second-order valence-electron chi connectivity index (χ2n) is 5.65. The van der Waals surface area contributed by atoms with Gasteiger partial charge in [0.1, 0.15) is 0 Å². The van der Waals surface area contributed by atoms with Crippen molar-refractivity contribution in [1.82, 2.24) is 20.2 Å². The van der Waals surface area contributed by atoms with E-state index >= 15 is 0 Å². The standard InChI is InChI=1S/C18H18ClN5OS/c1-3-13-4-8-15(9-5-13)20-17(25)12(2)26-18-21-22-23-24(18)16-10-6-14(19)7-11-16/h4-12H,3H2,1-2H3,(H,20,25). The summed E-state index contributed by atoms with van der Waals surface area (Å²) < 4.78 is 1.58. The zero-order chi connectivity index (χ0) is 18.5. The molecule has 134 valence electrons. The average molecular weight is 388 g/mol. The highest BCUT2D eigenvalue weighted by Crippen LogP contribution is 2.24. The van der Waals surface area contributed by atoms with E-state index in [1.54, 1.807) is 16.8 Å². The fourth-order valence-electron chi connectivity index (χ4n) is 2.28. The third-order valence-electron chi connectivity index (χ3n) is 3.79. The van der Waals surface area contributed by atoms with Gasteiger partial charge in [0, 0.05) is 10.7 Å². The highest BCUT2D eigenvalue weighted by molar-refractivity contribution is 8.00. The number of halogens is 1. The number of nitrogens with zero attached hydrogens (tertiary/aromatic N) is 4. The summed E-state index contributed by atoms with van der Waals surface area (Å²) in [7, 11) is 0. The van der Waals surface area contributed by atoms with Crippen LogP contribution in [0.5, 0.6) is 0 Å². The molecule has 0 aliphatic carbocycles. The van der Waals surface area contributed by atoms with Gasteiger partial charge in [-0.3, -0.25) is 4.79 Å². The summed E-state index contributed by atoms with van der Waals surface area (Å²) in [4.78, 5) is 12.5. The minimum Gasteiger partial charge on any atom is -0.325 e. The number of rotatable bonds is 6. The number of anilines is 1. The number of aromatic nitrogens is 4. The summed E-state index contributed by atoms with van der Waals surface area (Å²) >= 11 is 7.21. The maximum atomic E-state index is 12.5. The summed E-state index contributed by atoms with van der Waals surface area (Å²) in [5.41, 5.74) is 2.79. The van der Waals surface area contributed by atoms with Gasteiger partial charge in [0.2, 0.25) is 11.1 Å². The first kappa shape index (κ1) is 18.4. The van der Waals surface area contributed by atoms with Crippen molar-refractivity contribution >= 4 is 35.0 Å². The monoisotopic (exact) mass is 387 g/mol. The maximum Gasteiger partial charge on any atom is 0.237 e. The predicted molar refractivity (Wildman–Crippen MR) is 104 cm³/mol. The van der Waals surface area contributed by atoms with Gasteiger partial charge < -0.3 is 5.32 Å². The number of tetrazole rings is 1. The molecule has 0 aliphatic heterocycles. The summed E-state index contributed by atoms with van der Waals surface area (Å²) in [6.45, 7) is 3.92. The molecule has 0 bridgehead atoms. The SMILES string of the molecule is CCc1ccc(NC(=O)C(C)Sc2nnnn2-c2ccc(Cl)cc2)cc1. The molecule has 1 amide bonds. The number of carbonyl (C=O) groups is 1. The zero-order valence-corrected chi connectivity index (χ0v) is 16.0. The zero-order valence-electron chi connectivity index (χ0n) is 14.4. The molecule has 1 heterocycles. The lowest BCUT2D eigenvalue weighted by Crippen LogP contribution is -2.22. The molecule has 0 saturated heterocycles. The van der Waals surface area contributed by atoms with Gasteiger partial charge in [0.25, 0.3) is 0 Å². The highest BCUT2D eigenvalue weighted by atomic mass is 35.5. The molecule has 1 atom stereocenters. The average Bonchev–Trinajstić information content (AvgIpc) is 3.11. The van der Waals surface area contributed by atoms with Crippen LogP contribution in [-0.2, 0) is 11.2 Å². The van der Waals surface area contributed by atoms with E-state index in [4.69, 9.17) is 11.6 Å². The first-order valence-corrected chi connectivity index (χ1v) is 9.43. The van der Waals surface area contributed by atoms with E-state index in [9.17, 15) is 4.79 Å². The van der Waals surface area contributed by atoms with Gasteiger partial charge in [-0.05, 0) is 65.7 Å². The van der Waals surface area contributed by atoms with Gasteiger partial charge in [0.15, 0.2) is 0 Å². The number of aryl methyl sites for hydroxylation is 1. The van der Waals surface area contributed by atoms with Crippen molar-refractivity contribution in [3.63, 3.8) is 0 Å². The van der Waals surface area contributed by atoms with E-state index in [0.717, 1.165) is 17.8 Å². The van der Waals surface area contributed by atoms with Crippen molar-refractivity contribution in [2.24, 2.45) is 0 Å². The molecule has 1 N–H and O–H groups in total. The Kier molecular flexibility index (Phi) is 5.90. The Bertz CT molecular complexity index is 879. The van der Waals surface area contributed by atoms with Gasteiger partial charge in [0.05, 0.1) is 10.9 Å². The molecule has 6 nitrogen and oxygen atoms in total. The minimum absolute atomic E-state index is 0.107. The molecule has 2 aromatic carbocycles. The topological polar surface area (TPSA) is 72.7 Å². The van der Waals surface area contributed by atoms with Crippen LogP contribution in [0, 0.1) is 0 Å². The molecule has 3 aromatic rings. The Hall–Kier alpha value is -2.38. The van der Waals surface area contributed by atoms with Gasteiger partial charge in [-0.25, -0.2) is 0 Å². The first-order valence-electron chi connectivity index (χ1n) is 8.17. The van der Waals surface area contributed by atoms with Gasteiger partial charge in [-0.1, -0.05) is 42.4 Å². The van der Waals surface area contributed by atoms with Crippen LogP contribution in [0.3, 0.4) is 0 Å². The Labute approximate surface area is 160 Å². The summed E-state index contributed by atoms with van der Waals surface area (Å²) in [5, 5.41) is 15.5. The lowest BCUT2D eigenvalue weighted by Gasteiger charge is -2.12. The maximum absolute atomic E-state index is 12.5. The van der Waals surface area contributed by atoms with E-state index < -0.39 is 0 Å². The van der Waals surface area contributed by atoms with E-state index in [2.05, 4.69) is 27.8 Å². The molecule has 8 heteroatoms. The minimum atomic E-state index is -0.363. The largest absolute Gasteiger partial charge is 0.325 e. The normalized spacial score (nSPS) is 12.0. The van der Waals surface area contributed by atoms with Crippen LogP contribution in [0.25, 0.3) is 5.69 Å². The lowest BCUT2D eigenvalue weighted by molar-refractivity contribution is -0.115. The van der Waals surface area contributed by atoms with Crippen molar-refractivity contribution in [1.29, 1.82) is 0 Å². The van der Waals surface area contributed by atoms with Crippen LogP contribution >= 0.6 is 23.4 Å². The van der Waals surface area contributed by atoms with Crippen LogP contribution in [0.15, 0.2) is 53.7 Å². The molecule has 0 saturated carbocycles. The van der Waals surface area contributed by atoms with E-state index in [0.29, 0.717) is 10.2 Å². The van der Waals surface area contributed by atoms with Gasteiger partial charge in [-0.2, -0.15) is 4.68 Å². The third-order valence-corrected chi connectivity index (χ3v) is 5.08. The summed E-state index contributed by atoms with van der Waals surface area (Å²) in [6.07, 6.45) is 0.966. The Morgan fingerprint density at radius 3 is 2.54 bits per heavy atom. The fraction of sp³-hybridized carbons (Fsp3) is 0.222. The Balaban J connectivity index is 1.67. The molecular weight excluding hydrogens is 370 g/mol. The first-order chi connectivity index (χ1) is 12.6. The summed E-state index contributed by atoms with van der Waals surface area (Å²) in [5.74, 6) is -0.107. The molecular formula is C18H18ClN5OS. The number of thioether (sulfide) groups is 1. The molecule has 0 fully saturated rings. The van der Waals surface area contributed by atoms with Crippen molar-refractivity contribution in [2.75, 3.05) is 5.32 Å². The third kappa shape index (κ3) is 4.42. The van der Waals surface area contributed by atoms with Gasteiger partial charge >= 0.3 is 0 Å². The smallest absolute Gasteiger partial charge is 0.237 e. The van der Waals surface area contributed by atoms with Crippen LogP contribution in [0.1, 0.15) is 19.4 Å². The highest BCUT2D eigenvalue weighted by Gasteiger charge is 2.19. The second kappa shape index (κ2) is 8.33. The fourth-order valence-corrected chi connectivity index (χ4v) is 3.21. The Morgan fingerprint density at radius 2 is 1.88 bits per heavy atom. The number of carbonyl (C=O) groups excluding carboxylic acids is 1. The number of hydrogen-bond donors (Lipinski definition) is 1. The van der Waals surface area contributed by atoms with E-state index in [1.807, 2.05) is 43.3 Å². The second-order valence-corrected chi connectivity index (χ2v) is 7.39. The van der Waals surface area contributed by atoms with Crippen LogP contribution in [0.4, 0.5) is 5.69 Å². The molecule has 26 heavy (non-hydrogen) atoms. The van der Waals surface area contributed by atoms with E-state index in [1.165, 1.54) is 17.3 Å². The predicted octanol–water partition coefficient (Wildman–Crippen LogP) is 4.00. The molecule has 1 unspecified atom stereocenters. The van der Waals surface area contributed by atoms with Crippen LogP contribution in [0.2, 0.25) is 5.02 Å². The molecule has 3 rings (SSSR count). The summed E-state index contributed by atoms with van der Waals surface area (Å²) in [6, 6.07) is 15.0. The van der Waals surface area contributed by atoms with Crippen LogP contribution < -0.4 is 5.32 Å². The number of hydrogen-bond acceptors (Lipinski definition) is 5. The van der Waals surface area contributed by atoms with E-state index in [-0.39, 0.29) is 11.2 Å². The van der Waals surface area contributed by atoms with Crippen molar-refractivity contribution < 1.29 is 4.79 Å². The van der Waals surface area contributed by atoms with Crippen molar-refractivity contribution in [3.8, 4) is 5.69 Å². The molecule has 1 aromatic heterocycles. The number of nitrogens with one attached hydrogen (secondary N) is 1. The molecule has 0 aliphatic rings. The van der Waals surface area contributed by atoms with Crippen LogP contribution in [-0.4, -0.2) is 31.4 Å². The number of benzene rings is 2. The number of amides is 1. The molecule has 0 spiro atoms. The van der Waals surface area contributed by atoms with Crippen molar-refractivity contribution in [2.45, 2.75) is 30.7 Å². The lowest BCUT2D eigenvalue weighted by atomic mass is 10.1. The van der Waals surface area contributed by atoms with Crippen molar-refractivity contribution in [3.05, 3.63) is 59.1 Å². The quantitative estimate of drug-likeness (QED) is 0.647. The molecule has 0 radical (unpaired) electrons. The van der Waals surface area contributed by atoms with Gasteiger partial charge in [-0.15, -0.1) is 5.10 Å². The Morgan fingerprint density at radius 1 is 1.19 bits per heavy atom.